The highest BCUT2D eigenvalue weighted by molar-refractivity contribution is 5.69. The van der Waals surface area contributed by atoms with Crippen molar-refractivity contribution in [2.75, 3.05) is 0 Å². The molecule has 19 heavy (non-hydrogen) atoms. The quantitative estimate of drug-likeness (QED) is 0.840. The molecule has 0 aromatic carbocycles. The summed E-state index contributed by atoms with van der Waals surface area (Å²) < 4.78 is 5.48. The molecule has 0 aromatic heterocycles. The van der Waals surface area contributed by atoms with Crippen LogP contribution in [0.2, 0.25) is 0 Å². The van der Waals surface area contributed by atoms with E-state index in [-0.39, 0.29) is 24.1 Å². The Labute approximate surface area is 117 Å². The van der Waals surface area contributed by atoms with E-state index in [1.54, 1.807) is 4.90 Å². The van der Waals surface area contributed by atoms with Crippen LogP contribution in [0.5, 0.6) is 0 Å². The van der Waals surface area contributed by atoms with Gasteiger partial charge in [-0.15, -0.1) is 0 Å². The van der Waals surface area contributed by atoms with Gasteiger partial charge in [0.1, 0.15) is 5.60 Å². The molecule has 0 bridgehead atoms. The maximum absolute atomic E-state index is 12.3. The van der Waals surface area contributed by atoms with Gasteiger partial charge in [-0.05, 0) is 40.0 Å². The summed E-state index contributed by atoms with van der Waals surface area (Å²) in [7, 11) is 0. The van der Waals surface area contributed by atoms with Crippen LogP contribution in [0.3, 0.4) is 0 Å². The zero-order valence-corrected chi connectivity index (χ0v) is 13.3. The minimum atomic E-state index is -0.504. The Morgan fingerprint density at radius 2 is 1.84 bits per heavy atom. The second-order valence-electron chi connectivity index (χ2n) is 7.17. The molecular weight excluding hydrogens is 242 g/mol. The third-order valence-electron chi connectivity index (χ3n) is 3.81. The van der Waals surface area contributed by atoms with Gasteiger partial charge in [-0.1, -0.05) is 20.8 Å². The molecule has 1 aliphatic heterocycles. The summed E-state index contributed by atoms with van der Waals surface area (Å²) >= 11 is 0. The number of aliphatic hydroxyl groups is 1. The number of carbonyl (C=O) groups is 1. The molecule has 112 valence electrons. The van der Waals surface area contributed by atoms with Crippen LogP contribution in [0, 0.1) is 11.8 Å². The molecule has 0 aromatic rings. The molecule has 0 unspecified atom stereocenters. The summed E-state index contributed by atoms with van der Waals surface area (Å²) in [6.07, 6.45) is 0.0220. The van der Waals surface area contributed by atoms with Crippen LogP contribution in [0.15, 0.2) is 0 Å². The summed E-state index contributed by atoms with van der Waals surface area (Å²) in [6, 6.07) is -0.131. The van der Waals surface area contributed by atoms with Gasteiger partial charge in [0.25, 0.3) is 0 Å². The number of aliphatic hydroxyl groups excluding tert-OH is 1. The van der Waals surface area contributed by atoms with Crippen molar-refractivity contribution >= 4 is 6.09 Å². The van der Waals surface area contributed by atoms with Crippen LogP contribution in [-0.2, 0) is 4.74 Å². The van der Waals surface area contributed by atoms with E-state index in [0.717, 1.165) is 6.42 Å². The average Bonchev–Trinajstić information content (AvgIpc) is 2.40. The molecular formula is C15H29NO3. The van der Waals surface area contributed by atoms with E-state index < -0.39 is 11.7 Å². The third kappa shape index (κ3) is 3.85. The molecule has 1 heterocycles. The first-order valence-corrected chi connectivity index (χ1v) is 7.24. The molecule has 1 N–H and O–H groups in total. The van der Waals surface area contributed by atoms with Crippen LogP contribution >= 0.6 is 0 Å². The SMILES string of the molecule is CC(C)C[C@H]1[C@@H](O)[C@@H](C)[C@@H](C)N1C(=O)OC(C)(C)C. The standard InChI is InChI=1S/C15H29NO3/c1-9(2)8-12-13(17)10(3)11(4)16(12)14(18)19-15(5,6)7/h9-13,17H,8H2,1-7H3/t10-,11+,12-,13-/m0/s1. The molecule has 4 nitrogen and oxygen atoms in total. The summed E-state index contributed by atoms with van der Waals surface area (Å²) in [5.74, 6) is 0.512. The lowest BCUT2D eigenvalue weighted by Gasteiger charge is -2.32. The van der Waals surface area contributed by atoms with E-state index in [1.807, 2.05) is 34.6 Å². The number of nitrogens with zero attached hydrogens (tertiary/aromatic N) is 1. The molecule has 1 amide bonds. The van der Waals surface area contributed by atoms with Crippen molar-refractivity contribution in [2.24, 2.45) is 11.8 Å². The van der Waals surface area contributed by atoms with Gasteiger partial charge in [0.05, 0.1) is 12.1 Å². The fourth-order valence-electron chi connectivity index (χ4n) is 2.71. The van der Waals surface area contributed by atoms with Gasteiger partial charge >= 0.3 is 6.09 Å². The first-order valence-electron chi connectivity index (χ1n) is 7.24. The van der Waals surface area contributed by atoms with Crippen LogP contribution in [0.4, 0.5) is 4.79 Å². The van der Waals surface area contributed by atoms with Crippen molar-refractivity contribution in [2.45, 2.75) is 78.7 Å². The first-order chi connectivity index (χ1) is 8.54. The molecule has 1 aliphatic rings. The topological polar surface area (TPSA) is 49.8 Å². The molecule has 1 saturated heterocycles. The summed E-state index contributed by atoms with van der Waals surface area (Å²) in [5.41, 5.74) is -0.504. The molecule has 1 fully saturated rings. The number of amides is 1. The Hall–Kier alpha value is -0.770. The minimum Gasteiger partial charge on any atom is -0.444 e. The molecule has 0 radical (unpaired) electrons. The summed E-state index contributed by atoms with van der Waals surface area (Å²) in [4.78, 5) is 14.1. The number of ether oxygens (including phenoxy) is 1. The molecule has 0 saturated carbocycles. The van der Waals surface area contributed by atoms with Crippen LogP contribution in [-0.4, -0.2) is 39.9 Å². The Balaban J connectivity index is 2.90. The predicted octanol–water partition coefficient (Wildman–Crippen LogP) is 3.04. The average molecular weight is 271 g/mol. The van der Waals surface area contributed by atoms with E-state index in [4.69, 9.17) is 4.74 Å². The monoisotopic (exact) mass is 271 g/mol. The van der Waals surface area contributed by atoms with Crippen molar-refractivity contribution in [1.29, 1.82) is 0 Å². The van der Waals surface area contributed by atoms with E-state index >= 15 is 0 Å². The Morgan fingerprint density at radius 3 is 2.26 bits per heavy atom. The second-order valence-corrected chi connectivity index (χ2v) is 7.17. The normalized spacial score (nSPS) is 31.9. The maximum Gasteiger partial charge on any atom is 0.410 e. The molecule has 4 heteroatoms. The predicted molar refractivity (Wildman–Crippen MR) is 75.9 cm³/mol. The van der Waals surface area contributed by atoms with Gasteiger partial charge in [-0.25, -0.2) is 4.79 Å². The van der Waals surface area contributed by atoms with Gasteiger partial charge in [-0.2, -0.15) is 0 Å². The number of likely N-dealkylation sites (tertiary alicyclic amines) is 1. The lowest BCUT2D eigenvalue weighted by molar-refractivity contribution is 0.00724. The van der Waals surface area contributed by atoms with Gasteiger partial charge in [0.2, 0.25) is 0 Å². The lowest BCUT2D eigenvalue weighted by atomic mass is 9.95. The largest absolute Gasteiger partial charge is 0.444 e. The number of hydrogen-bond acceptors (Lipinski definition) is 3. The number of rotatable bonds is 2. The second kappa shape index (κ2) is 5.70. The van der Waals surface area contributed by atoms with E-state index in [2.05, 4.69) is 13.8 Å². The highest BCUT2D eigenvalue weighted by Gasteiger charge is 2.47. The molecule has 1 rings (SSSR count). The van der Waals surface area contributed by atoms with Gasteiger partial charge in [-0.3, -0.25) is 4.90 Å². The third-order valence-corrected chi connectivity index (χ3v) is 3.81. The Kier molecular flexibility index (Phi) is 4.88. The van der Waals surface area contributed by atoms with Crippen molar-refractivity contribution in [3.8, 4) is 0 Å². The fraction of sp³-hybridized carbons (Fsp3) is 0.933. The Bertz CT molecular complexity index is 322. The maximum atomic E-state index is 12.3. The molecule has 0 aliphatic carbocycles. The van der Waals surface area contributed by atoms with Gasteiger partial charge in [0, 0.05) is 12.0 Å². The number of carbonyl (C=O) groups excluding carboxylic acids is 1. The zero-order valence-electron chi connectivity index (χ0n) is 13.3. The zero-order chi connectivity index (χ0) is 15.0. The van der Waals surface area contributed by atoms with Crippen LogP contribution in [0.25, 0.3) is 0 Å². The number of hydrogen-bond donors (Lipinski definition) is 1. The molecule has 4 atom stereocenters. The minimum absolute atomic E-state index is 0.00796. The van der Waals surface area contributed by atoms with Crippen molar-refractivity contribution in [3.63, 3.8) is 0 Å². The van der Waals surface area contributed by atoms with Crippen molar-refractivity contribution in [1.82, 2.24) is 4.90 Å². The Morgan fingerprint density at radius 1 is 1.32 bits per heavy atom. The first kappa shape index (κ1) is 16.3. The smallest absolute Gasteiger partial charge is 0.410 e. The van der Waals surface area contributed by atoms with Crippen LogP contribution in [0.1, 0.15) is 54.9 Å². The van der Waals surface area contributed by atoms with Crippen LogP contribution < -0.4 is 0 Å². The summed E-state index contributed by atoms with van der Waals surface area (Å²) in [5, 5.41) is 10.3. The van der Waals surface area contributed by atoms with E-state index in [0.29, 0.717) is 5.92 Å². The fourth-order valence-corrected chi connectivity index (χ4v) is 2.71. The highest BCUT2D eigenvalue weighted by atomic mass is 16.6. The molecule has 0 spiro atoms. The van der Waals surface area contributed by atoms with Gasteiger partial charge in [0.15, 0.2) is 0 Å². The lowest BCUT2D eigenvalue weighted by Crippen LogP contribution is -2.45. The van der Waals surface area contributed by atoms with E-state index in [1.165, 1.54) is 0 Å². The highest BCUT2D eigenvalue weighted by Crippen LogP contribution is 2.34. The van der Waals surface area contributed by atoms with Crippen molar-refractivity contribution < 1.29 is 14.6 Å². The summed E-state index contributed by atoms with van der Waals surface area (Å²) in [6.45, 7) is 13.8. The van der Waals surface area contributed by atoms with Gasteiger partial charge < -0.3 is 9.84 Å². The van der Waals surface area contributed by atoms with E-state index in [9.17, 15) is 9.90 Å². The van der Waals surface area contributed by atoms with Crippen molar-refractivity contribution in [3.05, 3.63) is 0 Å².